The van der Waals surface area contributed by atoms with Crippen LogP contribution in [0, 0.1) is 11.7 Å². The van der Waals surface area contributed by atoms with Crippen molar-refractivity contribution in [3.63, 3.8) is 0 Å². The first-order valence-electron chi connectivity index (χ1n) is 6.67. The molecule has 1 aromatic rings. The summed E-state index contributed by atoms with van der Waals surface area (Å²) < 4.78 is 18.3. The van der Waals surface area contributed by atoms with Crippen molar-refractivity contribution in [3.8, 4) is 0 Å². The van der Waals surface area contributed by atoms with Crippen LogP contribution in [0.5, 0.6) is 0 Å². The van der Waals surface area contributed by atoms with E-state index in [4.69, 9.17) is 4.74 Å². The Balaban J connectivity index is 1.99. The van der Waals surface area contributed by atoms with Crippen LogP contribution in [0.15, 0.2) is 24.3 Å². The summed E-state index contributed by atoms with van der Waals surface area (Å²) in [6.45, 7) is 2.13. The molecule has 0 bridgehead atoms. The molecule has 2 rings (SSSR count). The first-order chi connectivity index (χ1) is 8.70. The number of ether oxygens (including phenoxy) is 1. The fourth-order valence-corrected chi connectivity index (χ4v) is 2.59. The Labute approximate surface area is 107 Å². The van der Waals surface area contributed by atoms with Crippen LogP contribution in [-0.2, 0) is 4.74 Å². The van der Waals surface area contributed by atoms with Crippen LogP contribution in [0.25, 0.3) is 0 Å². The van der Waals surface area contributed by atoms with Crippen molar-refractivity contribution in [3.05, 3.63) is 35.6 Å². The second-order valence-electron chi connectivity index (χ2n) is 4.90. The van der Waals surface area contributed by atoms with Gasteiger partial charge in [-0.15, -0.1) is 0 Å². The van der Waals surface area contributed by atoms with E-state index in [1.54, 1.807) is 0 Å². The van der Waals surface area contributed by atoms with Crippen molar-refractivity contribution in [2.45, 2.75) is 45.1 Å². The van der Waals surface area contributed by atoms with Gasteiger partial charge in [0.25, 0.3) is 0 Å². The number of benzene rings is 1. The van der Waals surface area contributed by atoms with E-state index in [9.17, 15) is 9.18 Å². The summed E-state index contributed by atoms with van der Waals surface area (Å²) in [6.07, 6.45) is 5.51. The standard InChI is InChI=1S/C15H19FO2/c1-2-11-5-3-4-6-14(11)18-15(17)12-7-9-13(16)10-8-12/h7-11,14H,2-6H2,1H3. The lowest BCUT2D eigenvalue weighted by Gasteiger charge is -2.30. The molecule has 0 saturated heterocycles. The summed E-state index contributed by atoms with van der Waals surface area (Å²) >= 11 is 0. The van der Waals surface area contributed by atoms with Gasteiger partial charge >= 0.3 is 5.97 Å². The zero-order valence-electron chi connectivity index (χ0n) is 10.7. The third-order valence-corrected chi connectivity index (χ3v) is 3.70. The summed E-state index contributed by atoms with van der Waals surface area (Å²) in [6, 6.07) is 5.52. The molecule has 1 fully saturated rings. The minimum atomic E-state index is -0.337. The van der Waals surface area contributed by atoms with Gasteiger partial charge in [-0.2, -0.15) is 0 Å². The van der Waals surface area contributed by atoms with Crippen molar-refractivity contribution in [2.75, 3.05) is 0 Å². The maximum atomic E-state index is 12.8. The zero-order chi connectivity index (χ0) is 13.0. The Morgan fingerprint density at radius 3 is 2.61 bits per heavy atom. The molecule has 18 heavy (non-hydrogen) atoms. The fourth-order valence-electron chi connectivity index (χ4n) is 2.59. The average Bonchev–Trinajstić information content (AvgIpc) is 2.40. The third-order valence-electron chi connectivity index (χ3n) is 3.70. The number of carbonyl (C=O) groups is 1. The highest BCUT2D eigenvalue weighted by atomic mass is 19.1. The van der Waals surface area contributed by atoms with Crippen LogP contribution < -0.4 is 0 Å². The van der Waals surface area contributed by atoms with Crippen LogP contribution in [0.3, 0.4) is 0 Å². The molecule has 0 heterocycles. The van der Waals surface area contributed by atoms with Gasteiger partial charge < -0.3 is 4.74 Å². The Hall–Kier alpha value is -1.38. The molecule has 1 saturated carbocycles. The first kappa shape index (κ1) is 13.1. The van der Waals surface area contributed by atoms with Crippen molar-refractivity contribution in [2.24, 2.45) is 5.92 Å². The summed E-state index contributed by atoms with van der Waals surface area (Å²) in [7, 11) is 0. The summed E-state index contributed by atoms with van der Waals surface area (Å²) in [5, 5.41) is 0. The fraction of sp³-hybridized carbons (Fsp3) is 0.533. The number of carbonyl (C=O) groups excluding carboxylic acids is 1. The van der Waals surface area contributed by atoms with E-state index in [1.165, 1.54) is 30.7 Å². The highest BCUT2D eigenvalue weighted by Crippen LogP contribution is 2.29. The van der Waals surface area contributed by atoms with Gasteiger partial charge in [-0.25, -0.2) is 9.18 Å². The molecule has 0 radical (unpaired) electrons. The topological polar surface area (TPSA) is 26.3 Å². The Morgan fingerprint density at radius 2 is 1.94 bits per heavy atom. The molecule has 0 aromatic heterocycles. The van der Waals surface area contributed by atoms with Gasteiger partial charge in [0, 0.05) is 0 Å². The molecule has 98 valence electrons. The van der Waals surface area contributed by atoms with E-state index in [2.05, 4.69) is 6.92 Å². The van der Waals surface area contributed by atoms with E-state index in [0.717, 1.165) is 25.7 Å². The molecule has 2 atom stereocenters. The molecule has 0 aliphatic heterocycles. The normalized spacial score (nSPS) is 23.7. The Morgan fingerprint density at radius 1 is 1.28 bits per heavy atom. The van der Waals surface area contributed by atoms with Crippen molar-refractivity contribution < 1.29 is 13.9 Å². The number of esters is 1. The number of hydrogen-bond donors (Lipinski definition) is 0. The molecule has 3 heteroatoms. The van der Waals surface area contributed by atoms with Crippen molar-refractivity contribution in [1.82, 2.24) is 0 Å². The monoisotopic (exact) mass is 250 g/mol. The van der Waals surface area contributed by atoms with Crippen LogP contribution in [0.1, 0.15) is 49.4 Å². The van der Waals surface area contributed by atoms with E-state index in [-0.39, 0.29) is 17.9 Å². The van der Waals surface area contributed by atoms with Crippen LogP contribution >= 0.6 is 0 Å². The molecular weight excluding hydrogens is 231 g/mol. The van der Waals surface area contributed by atoms with Gasteiger partial charge in [-0.3, -0.25) is 0 Å². The first-order valence-corrected chi connectivity index (χ1v) is 6.67. The maximum absolute atomic E-state index is 12.8. The van der Waals surface area contributed by atoms with E-state index in [0.29, 0.717) is 11.5 Å². The summed E-state index contributed by atoms with van der Waals surface area (Å²) in [5.74, 6) is -0.195. The quantitative estimate of drug-likeness (QED) is 0.759. The minimum Gasteiger partial charge on any atom is -0.458 e. The smallest absolute Gasteiger partial charge is 0.338 e. The maximum Gasteiger partial charge on any atom is 0.338 e. The van der Waals surface area contributed by atoms with Crippen LogP contribution in [0.2, 0.25) is 0 Å². The lowest BCUT2D eigenvalue weighted by atomic mass is 9.85. The second kappa shape index (κ2) is 5.98. The number of rotatable bonds is 3. The number of hydrogen-bond acceptors (Lipinski definition) is 2. The lowest BCUT2D eigenvalue weighted by molar-refractivity contribution is 0.000706. The van der Waals surface area contributed by atoms with E-state index >= 15 is 0 Å². The Kier molecular flexibility index (Phi) is 4.34. The van der Waals surface area contributed by atoms with E-state index < -0.39 is 0 Å². The van der Waals surface area contributed by atoms with Gasteiger partial charge in [0.1, 0.15) is 11.9 Å². The molecular formula is C15H19FO2. The zero-order valence-corrected chi connectivity index (χ0v) is 10.7. The highest BCUT2D eigenvalue weighted by Gasteiger charge is 2.27. The van der Waals surface area contributed by atoms with Gasteiger partial charge in [-0.05, 0) is 55.9 Å². The molecule has 1 aliphatic carbocycles. The lowest BCUT2D eigenvalue weighted by Crippen LogP contribution is -2.29. The van der Waals surface area contributed by atoms with Crippen molar-refractivity contribution in [1.29, 1.82) is 0 Å². The Bertz CT molecular complexity index is 399. The van der Waals surface area contributed by atoms with Crippen LogP contribution in [0.4, 0.5) is 4.39 Å². The molecule has 1 aromatic carbocycles. The predicted octanol–water partition coefficient (Wildman–Crippen LogP) is 3.95. The largest absolute Gasteiger partial charge is 0.458 e. The summed E-state index contributed by atoms with van der Waals surface area (Å²) in [4.78, 5) is 11.9. The second-order valence-corrected chi connectivity index (χ2v) is 4.90. The van der Waals surface area contributed by atoms with Crippen molar-refractivity contribution >= 4 is 5.97 Å². The minimum absolute atomic E-state index is 0.0290. The molecule has 0 spiro atoms. The molecule has 0 N–H and O–H groups in total. The van der Waals surface area contributed by atoms with Crippen LogP contribution in [-0.4, -0.2) is 12.1 Å². The predicted molar refractivity (Wildman–Crippen MR) is 67.9 cm³/mol. The van der Waals surface area contributed by atoms with Gasteiger partial charge in [-0.1, -0.05) is 13.3 Å². The van der Waals surface area contributed by atoms with Gasteiger partial charge in [0.2, 0.25) is 0 Å². The highest BCUT2D eigenvalue weighted by molar-refractivity contribution is 5.89. The molecule has 1 aliphatic rings. The third kappa shape index (κ3) is 3.09. The van der Waals surface area contributed by atoms with Gasteiger partial charge in [0.15, 0.2) is 0 Å². The SMILES string of the molecule is CCC1CCCCC1OC(=O)c1ccc(F)cc1. The molecule has 0 amide bonds. The number of halogens is 1. The average molecular weight is 250 g/mol. The van der Waals surface area contributed by atoms with Gasteiger partial charge in [0.05, 0.1) is 5.56 Å². The molecule has 2 unspecified atom stereocenters. The summed E-state index contributed by atoms with van der Waals surface area (Å²) in [5.41, 5.74) is 0.428. The van der Waals surface area contributed by atoms with E-state index in [1.807, 2.05) is 0 Å². The molecule has 2 nitrogen and oxygen atoms in total.